The molecule has 0 saturated heterocycles. The number of hydrogen-bond acceptors (Lipinski definition) is 1. The lowest BCUT2D eigenvalue weighted by Gasteiger charge is -2.04. The Hall–Kier alpha value is -2.35. The molecule has 0 aliphatic rings. The summed E-state index contributed by atoms with van der Waals surface area (Å²) in [7, 11) is 0. The summed E-state index contributed by atoms with van der Waals surface area (Å²) in [5.41, 5.74) is 2.07. The van der Waals surface area contributed by atoms with Crippen molar-refractivity contribution in [2.75, 3.05) is 0 Å². The van der Waals surface area contributed by atoms with Gasteiger partial charge in [-0.05, 0) is 29.3 Å². The lowest BCUT2D eigenvalue weighted by molar-refractivity contribution is 0.0912. The third-order valence-corrected chi connectivity index (χ3v) is 4.04. The number of carbonyl (C=O) groups is 1. The zero-order chi connectivity index (χ0) is 13.7. The quantitative estimate of drug-likeness (QED) is 0.474. The molecule has 0 amide bonds. The average molecular weight is 261 g/mol. The van der Waals surface area contributed by atoms with E-state index in [9.17, 15) is 4.79 Å². The molecule has 0 bridgehead atoms. The van der Waals surface area contributed by atoms with Gasteiger partial charge in [-0.25, -0.2) is 0 Å². The van der Waals surface area contributed by atoms with Gasteiger partial charge in [0.15, 0.2) is 0 Å². The summed E-state index contributed by atoms with van der Waals surface area (Å²) < 4.78 is 1.90. The molecule has 0 aliphatic heterocycles. The second-order valence-electron chi connectivity index (χ2n) is 5.30. The summed E-state index contributed by atoms with van der Waals surface area (Å²) in [6.45, 7) is 2.04. The van der Waals surface area contributed by atoms with Crippen LogP contribution in [0.4, 0.5) is 0 Å². The van der Waals surface area contributed by atoms with Crippen molar-refractivity contribution in [2.24, 2.45) is 0 Å². The van der Waals surface area contributed by atoms with E-state index in [0.717, 1.165) is 17.5 Å². The molecule has 0 unspecified atom stereocenters. The van der Waals surface area contributed by atoms with Crippen LogP contribution in [0.1, 0.15) is 24.6 Å². The molecular formula is C18H15NO. The highest BCUT2D eigenvalue weighted by Crippen LogP contribution is 2.36. The van der Waals surface area contributed by atoms with Crippen LogP contribution < -0.4 is 0 Å². The zero-order valence-electron chi connectivity index (χ0n) is 11.4. The van der Waals surface area contributed by atoms with Gasteiger partial charge in [-0.1, -0.05) is 43.3 Å². The minimum Gasteiger partial charge on any atom is -0.280 e. The maximum absolute atomic E-state index is 12.5. The summed E-state index contributed by atoms with van der Waals surface area (Å²) in [6.07, 6.45) is 1.46. The van der Waals surface area contributed by atoms with Gasteiger partial charge in [-0.2, -0.15) is 0 Å². The van der Waals surface area contributed by atoms with Crippen LogP contribution in [0.5, 0.6) is 0 Å². The fourth-order valence-electron chi connectivity index (χ4n) is 3.21. The second-order valence-corrected chi connectivity index (χ2v) is 5.30. The van der Waals surface area contributed by atoms with Crippen molar-refractivity contribution in [1.82, 2.24) is 4.57 Å². The largest absolute Gasteiger partial charge is 0.280 e. The van der Waals surface area contributed by atoms with E-state index >= 15 is 0 Å². The molecule has 2 heteroatoms. The number of hydrogen-bond donors (Lipinski definition) is 0. The summed E-state index contributed by atoms with van der Waals surface area (Å²) >= 11 is 0. The normalized spacial score (nSPS) is 11.8. The summed E-state index contributed by atoms with van der Waals surface area (Å²) in [6, 6.07) is 16.7. The standard InChI is InChI=1S/C18H15NO/c1-2-5-16(20)19-14-8-3-6-12-10-11-13-7-4-9-15(19)18(13)17(12)14/h3-4,6-11H,2,5H2,1H3. The van der Waals surface area contributed by atoms with Gasteiger partial charge in [-0.3, -0.25) is 9.36 Å². The van der Waals surface area contributed by atoms with Crippen molar-refractivity contribution >= 4 is 38.5 Å². The Balaban J connectivity index is 2.26. The topological polar surface area (TPSA) is 22.0 Å². The van der Waals surface area contributed by atoms with Gasteiger partial charge in [0.1, 0.15) is 0 Å². The molecular weight excluding hydrogens is 246 g/mol. The van der Waals surface area contributed by atoms with Crippen LogP contribution in [0, 0.1) is 0 Å². The Kier molecular flexibility index (Phi) is 2.34. The highest BCUT2D eigenvalue weighted by atomic mass is 16.2. The van der Waals surface area contributed by atoms with E-state index in [1.54, 1.807) is 0 Å². The van der Waals surface area contributed by atoms with E-state index < -0.39 is 0 Å². The van der Waals surface area contributed by atoms with Crippen molar-refractivity contribution in [2.45, 2.75) is 19.8 Å². The molecule has 4 rings (SSSR count). The van der Waals surface area contributed by atoms with Crippen molar-refractivity contribution in [3.63, 3.8) is 0 Å². The first-order chi connectivity index (χ1) is 9.81. The Morgan fingerprint density at radius 1 is 0.900 bits per heavy atom. The summed E-state index contributed by atoms with van der Waals surface area (Å²) in [5.74, 6) is 0.184. The van der Waals surface area contributed by atoms with Crippen LogP contribution >= 0.6 is 0 Å². The molecule has 0 aliphatic carbocycles. The number of carbonyl (C=O) groups excluding carboxylic acids is 1. The Bertz CT molecular complexity index is 865. The van der Waals surface area contributed by atoms with Crippen molar-refractivity contribution < 1.29 is 4.79 Å². The maximum atomic E-state index is 12.5. The van der Waals surface area contributed by atoms with Crippen LogP contribution in [0.2, 0.25) is 0 Å². The number of nitrogens with zero attached hydrogens (tertiary/aromatic N) is 1. The highest BCUT2D eigenvalue weighted by molar-refractivity contribution is 6.25. The molecule has 0 saturated carbocycles. The van der Waals surface area contributed by atoms with Gasteiger partial charge < -0.3 is 0 Å². The van der Waals surface area contributed by atoms with Crippen molar-refractivity contribution in [3.05, 3.63) is 48.5 Å². The first-order valence-corrected chi connectivity index (χ1v) is 7.08. The molecule has 98 valence electrons. The lowest BCUT2D eigenvalue weighted by atomic mass is 10.0. The smallest absolute Gasteiger partial charge is 0.231 e. The maximum Gasteiger partial charge on any atom is 0.231 e. The van der Waals surface area contributed by atoms with Gasteiger partial charge in [-0.15, -0.1) is 0 Å². The zero-order valence-corrected chi connectivity index (χ0v) is 11.4. The van der Waals surface area contributed by atoms with E-state index in [-0.39, 0.29) is 5.91 Å². The monoisotopic (exact) mass is 261 g/mol. The molecule has 1 heterocycles. The summed E-state index contributed by atoms with van der Waals surface area (Å²) in [4.78, 5) is 12.5. The van der Waals surface area contributed by atoms with Gasteiger partial charge in [0, 0.05) is 17.2 Å². The molecule has 1 aromatic heterocycles. The molecule has 2 nitrogen and oxygen atoms in total. The van der Waals surface area contributed by atoms with E-state index in [4.69, 9.17) is 0 Å². The van der Waals surface area contributed by atoms with Gasteiger partial charge >= 0.3 is 0 Å². The number of benzene rings is 3. The average Bonchev–Trinajstić information content (AvgIpc) is 2.81. The molecule has 20 heavy (non-hydrogen) atoms. The Labute approximate surface area is 116 Å². The van der Waals surface area contributed by atoms with E-state index in [2.05, 4.69) is 36.4 Å². The lowest BCUT2D eigenvalue weighted by Crippen LogP contribution is -2.09. The van der Waals surface area contributed by atoms with Crippen LogP contribution in [0.3, 0.4) is 0 Å². The molecule has 3 aromatic carbocycles. The van der Waals surface area contributed by atoms with Crippen LogP contribution in [-0.2, 0) is 0 Å². The van der Waals surface area contributed by atoms with Gasteiger partial charge in [0.25, 0.3) is 0 Å². The van der Waals surface area contributed by atoms with Crippen LogP contribution in [-0.4, -0.2) is 10.5 Å². The fraction of sp³-hybridized carbons (Fsp3) is 0.167. The Morgan fingerprint density at radius 3 is 1.95 bits per heavy atom. The second kappa shape index (κ2) is 4.07. The van der Waals surface area contributed by atoms with Crippen molar-refractivity contribution in [1.29, 1.82) is 0 Å². The molecule has 0 atom stereocenters. The third kappa shape index (κ3) is 1.36. The van der Waals surface area contributed by atoms with Crippen LogP contribution in [0.25, 0.3) is 32.6 Å². The Morgan fingerprint density at radius 2 is 1.45 bits per heavy atom. The highest BCUT2D eigenvalue weighted by Gasteiger charge is 2.17. The molecule has 0 fully saturated rings. The minimum absolute atomic E-state index is 0.184. The van der Waals surface area contributed by atoms with Gasteiger partial charge in [0.05, 0.1) is 11.0 Å². The first kappa shape index (κ1) is 11.5. The number of aromatic nitrogens is 1. The van der Waals surface area contributed by atoms with E-state index in [1.807, 2.05) is 23.6 Å². The molecule has 0 N–H and O–H groups in total. The minimum atomic E-state index is 0.184. The summed E-state index contributed by atoms with van der Waals surface area (Å²) in [5, 5.41) is 4.83. The van der Waals surface area contributed by atoms with E-state index in [0.29, 0.717) is 6.42 Å². The predicted molar refractivity (Wildman–Crippen MR) is 83.7 cm³/mol. The van der Waals surface area contributed by atoms with Crippen LogP contribution in [0.15, 0.2) is 48.5 Å². The third-order valence-electron chi connectivity index (χ3n) is 4.04. The SMILES string of the molecule is CCCC(=O)n1c2cccc3ccc4cccc1c4c32. The van der Waals surface area contributed by atoms with E-state index in [1.165, 1.54) is 21.5 Å². The van der Waals surface area contributed by atoms with Gasteiger partial charge in [0.2, 0.25) is 5.91 Å². The predicted octanol–water partition coefficient (Wildman–Crippen LogP) is 4.83. The molecule has 4 aromatic rings. The number of rotatable bonds is 2. The molecule has 0 spiro atoms. The molecule has 0 radical (unpaired) electrons. The fourth-order valence-corrected chi connectivity index (χ4v) is 3.21. The van der Waals surface area contributed by atoms with Crippen molar-refractivity contribution in [3.8, 4) is 0 Å². The first-order valence-electron chi connectivity index (χ1n) is 7.08.